The summed E-state index contributed by atoms with van der Waals surface area (Å²) in [6, 6.07) is 25.8. The molecule has 1 amide bonds. The first kappa shape index (κ1) is 23.1. The zero-order valence-corrected chi connectivity index (χ0v) is 20.6. The van der Waals surface area contributed by atoms with E-state index >= 15 is 0 Å². The smallest absolute Gasteiger partial charge is 0.225 e. The fourth-order valence-corrected chi connectivity index (χ4v) is 4.62. The minimum Gasteiger partial charge on any atom is -0.378 e. The fraction of sp³-hybridized carbons (Fsp3) is 0.160. The van der Waals surface area contributed by atoms with Gasteiger partial charge in [-0.2, -0.15) is 0 Å². The molecule has 8 heteroatoms. The third-order valence-corrected chi connectivity index (χ3v) is 6.39. The summed E-state index contributed by atoms with van der Waals surface area (Å²) in [6.07, 6.45) is 0.371. The SMILES string of the molecule is Cc1ccccc1NCc1nnc(SCCC(=O)Nc2cccc(Br)c2)n1-c1ccccc1. The highest BCUT2D eigenvalue weighted by molar-refractivity contribution is 9.10. The van der Waals surface area contributed by atoms with Gasteiger partial charge in [-0.3, -0.25) is 9.36 Å². The fourth-order valence-electron chi connectivity index (χ4n) is 3.31. The lowest BCUT2D eigenvalue weighted by atomic mass is 10.2. The molecule has 3 aromatic carbocycles. The lowest BCUT2D eigenvalue weighted by Gasteiger charge is -2.12. The zero-order valence-electron chi connectivity index (χ0n) is 18.2. The van der Waals surface area contributed by atoms with Crippen LogP contribution in [0.4, 0.5) is 11.4 Å². The number of anilines is 2. The molecule has 4 aromatic rings. The normalized spacial score (nSPS) is 10.7. The standard InChI is InChI=1S/C25H24BrN5OS/c1-18-8-5-6-13-22(18)27-17-23-29-30-25(31(23)21-11-3-2-4-12-21)33-15-14-24(32)28-20-10-7-9-19(26)16-20/h2-13,16,27H,14-15,17H2,1H3,(H,28,32). The monoisotopic (exact) mass is 521 g/mol. The molecule has 6 nitrogen and oxygen atoms in total. The molecule has 0 fully saturated rings. The predicted molar refractivity (Wildman–Crippen MR) is 138 cm³/mol. The number of benzene rings is 3. The Morgan fingerprint density at radius 2 is 1.79 bits per heavy atom. The van der Waals surface area contributed by atoms with E-state index in [0.717, 1.165) is 32.5 Å². The molecule has 0 spiro atoms. The first-order valence-corrected chi connectivity index (χ1v) is 12.4. The van der Waals surface area contributed by atoms with Gasteiger partial charge in [0.05, 0.1) is 6.54 Å². The number of carbonyl (C=O) groups is 1. The van der Waals surface area contributed by atoms with Crippen molar-refractivity contribution in [2.75, 3.05) is 16.4 Å². The van der Waals surface area contributed by atoms with Crippen LogP contribution in [0.25, 0.3) is 5.69 Å². The molecule has 0 unspecified atom stereocenters. The van der Waals surface area contributed by atoms with Crippen molar-refractivity contribution >= 4 is 45.0 Å². The van der Waals surface area contributed by atoms with E-state index < -0.39 is 0 Å². The predicted octanol–water partition coefficient (Wildman–Crippen LogP) is 6.07. The highest BCUT2D eigenvalue weighted by Crippen LogP contribution is 2.24. The van der Waals surface area contributed by atoms with Crippen LogP contribution in [0, 0.1) is 6.92 Å². The third kappa shape index (κ3) is 6.24. The van der Waals surface area contributed by atoms with Gasteiger partial charge >= 0.3 is 0 Å². The van der Waals surface area contributed by atoms with Crippen molar-refractivity contribution in [2.24, 2.45) is 0 Å². The molecule has 0 atom stereocenters. The molecule has 4 rings (SSSR count). The summed E-state index contributed by atoms with van der Waals surface area (Å²) in [6.45, 7) is 2.61. The Kier molecular flexibility index (Phi) is 7.80. The minimum absolute atomic E-state index is 0.0344. The Morgan fingerprint density at radius 1 is 1.00 bits per heavy atom. The van der Waals surface area contributed by atoms with Gasteiger partial charge in [-0.05, 0) is 48.9 Å². The second-order valence-electron chi connectivity index (χ2n) is 7.40. The highest BCUT2D eigenvalue weighted by atomic mass is 79.9. The Balaban J connectivity index is 1.44. The molecule has 1 aromatic heterocycles. The number of aryl methyl sites for hydroxylation is 1. The van der Waals surface area contributed by atoms with Crippen LogP contribution in [0.1, 0.15) is 17.8 Å². The number of nitrogens with zero attached hydrogens (tertiary/aromatic N) is 3. The van der Waals surface area contributed by atoms with Crippen LogP contribution in [0.15, 0.2) is 88.5 Å². The van der Waals surface area contributed by atoms with E-state index in [1.54, 1.807) is 0 Å². The summed E-state index contributed by atoms with van der Waals surface area (Å²) in [5.74, 6) is 1.37. The number of para-hydroxylation sites is 2. The number of carbonyl (C=O) groups excluding carboxylic acids is 1. The number of hydrogen-bond donors (Lipinski definition) is 2. The Hall–Kier alpha value is -3.10. The van der Waals surface area contributed by atoms with Gasteiger partial charge in [0.1, 0.15) is 0 Å². The molecule has 2 N–H and O–H groups in total. The Labute approximate surface area is 206 Å². The third-order valence-electron chi connectivity index (χ3n) is 4.97. The van der Waals surface area contributed by atoms with E-state index in [9.17, 15) is 4.79 Å². The van der Waals surface area contributed by atoms with Gasteiger partial charge in [-0.1, -0.05) is 70.2 Å². The van der Waals surface area contributed by atoms with Gasteiger partial charge in [0.25, 0.3) is 0 Å². The Morgan fingerprint density at radius 3 is 2.58 bits per heavy atom. The maximum Gasteiger partial charge on any atom is 0.225 e. The molecule has 168 valence electrons. The molecular formula is C25H24BrN5OS. The molecular weight excluding hydrogens is 498 g/mol. The van der Waals surface area contributed by atoms with Gasteiger partial charge < -0.3 is 10.6 Å². The molecule has 0 aliphatic rings. The first-order valence-electron chi connectivity index (χ1n) is 10.6. The summed E-state index contributed by atoms with van der Waals surface area (Å²) >= 11 is 4.94. The summed E-state index contributed by atoms with van der Waals surface area (Å²) in [5.41, 5.74) is 4.01. The molecule has 33 heavy (non-hydrogen) atoms. The quantitative estimate of drug-likeness (QED) is 0.261. The summed E-state index contributed by atoms with van der Waals surface area (Å²) in [5, 5.41) is 16.0. The maximum absolute atomic E-state index is 12.4. The highest BCUT2D eigenvalue weighted by Gasteiger charge is 2.15. The molecule has 0 aliphatic heterocycles. The second kappa shape index (κ2) is 11.2. The van der Waals surface area contributed by atoms with Crippen LogP contribution in [0.2, 0.25) is 0 Å². The molecule has 0 bridgehead atoms. The number of amides is 1. The van der Waals surface area contributed by atoms with Gasteiger partial charge in [-0.25, -0.2) is 0 Å². The minimum atomic E-state index is -0.0344. The van der Waals surface area contributed by atoms with Gasteiger partial charge in [-0.15, -0.1) is 10.2 Å². The van der Waals surface area contributed by atoms with Crippen LogP contribution in [-0.4, -0.2) is 26.4 Å². The van der Waals surface area contributed by atoms with Crippen molar-refractivity contribution in [3.05, 3.63) is 94.7 Å². The van der Waals surface area contributed by atoms with E-state index in [4.69, 9.17) is 0 Å². The second-order valence-corrected chi connectivity index (χ2v) is 9.37. The average Bonchev–Trinajstić information content (AvgIpc) is 3.22. The van der Waals surface area contributed by atoms with Gasteiger partial charge in [0, 0.05) is 33.7 Å². The van der Waals surface area contributed by atoms with E-state index in [1.165, 1.54) is 17.3 Å². The lowest BCUT2D eigenvalue weighted by Crippen LogP contribution is -2.12. The number of thioether (sulfide) groups is 1. The van der Waals surface area contributed by atoms with Crippen molar-refractivity contribution in [1.29, 1.82) is 0 Å². The van der Waals surface area contributed by atoms with E-state index in [0.29, 0.717) is 18.7 Å². The van der Waals surface area contributed by atoms with Crippen LogP contribution < -0.4 is 10.6 Å². The zero-order chi connectivity index (χ0) is 23.0. The summed E-state index contributed by atoms with van der Waals surface area (Å²) in [4.78, 5) is 12.4. The van der Waals surface area contributed by atoms with Gasteiger partial charge in [0.2, 0.25) is 5.91 Å². The van der Waals surface area contributed by atoms with Crippen molar-refractivity contribution in [1.82, 2.24) is 14.8 Å². The van der Waals surface area contributed by atoms with E-state index in [2.05, 4.69) is 55.8 Å². The van der Waals surface area contributed by atoms with Crippen molar-refractivity contribution in [3.63, 3.8) is 0 Å². The maximum atomic E-state index is 12.4. The van der Waals surface area contributed by atoms with Gasteiger partial charge in [0.15, 0.2) is 11.0 Å². The largest absolute Gasteiger partial charge is 0.378 e. The van der Waals surface area contributed by atoms with E-state index in [-0.39, 0.29) is 5.91 Å². The number of halogens is 1. The number of aromatic nitrogens is 3. The van der Waals surface area contributed by atoms with Crippen LogP contribution >= 0.6 is 27.7 Å². The molecule has 0 saturated carbocycles. The Bertz CT molecular complexity index is 1230. The van der Waals surface area contributed by atoms with Crippen LogP contribution in [0.5, 0.6) is 0 Å². The van der Waals surface area contributed by atoms with Crippen molar-refractivity contribution < 1.29 is 4.79 Å². The van der Waals surface area contributed by atoms with Crippen LogP contribution in [-0.2, 0) is 11.3 Å². The summed E-state index contributed by atoms with van der Waals surface area (Å²) in [7, 11) is 0. The number of rotatable bonds is 9. The molecule has 1 heterocycles. The first-order chi connectivity index (χ1) is 16.1. The topological polar surface area (TPSA) is 71.8 Å². The average molecular weight is 522 g/mol. The molecule has 0 aliphatic carbocycles. The lowest BCUT2D eigenvalue weighted by molar-refractivity contribution is -0.115. The number of hydrogen-bond acceptors (Lipinski definition) is 5. The summed E-state index contributed by atoms with van der Waals surface area (Å²) < 4.78 is 2.97. The van der Waals surface area contributed by atoms with Crippen molar-refractivity contribution in [2.45, 2.75) is 25.0 Å². The molecule has 0 radical (unpaired) electrons. The van der Waals surface area contributed by atoms with Crippen LogP contribution in [0.3, 0.4) is 0 Å². The number of nitrogens with one attached hydrogen (secondary N) is 2. The van der Waals surface area contributed by atoms with E-state index in [1.807, 2.05) is 71.3 Å². The van der Waals surface area contributed by atoms with Crippen molar-refractivity contribution in [3.8, 4) is 5.69 Å². The molecule has 0 saturated heterocycles.